The van der Waals surface area contributed by atoms with Gasteiger partial charge in [-0.3, -0.25) is 4.48 Å². The van der Waals surface area contributed by atoms with E-state index in [0.29, 0.717) is 25.7 Å². The minimum Gasteiger partial charge on any atom is -0.477 e. The number of carbonyl (C=O) groups is 3. The van der Waals surface area contributed by atoms with Crippen LogP contribution in [0.25, 0.3) is 0 Å². The maximum absolute atomic E-state index is 12.6. The van der Waals surface area contributed by atoms with Gasteiger partial charge >= 0.3 is 17.9 Å². The molecule has 0 aliphatic rings. The molecule has 0 radical (unpaired) electrons. The lowest BCUT2D eigenvalue weighted by molar-refractivity contribution is -0.973. The minimum absolute atomic E-state index is 0.258. The van der Waals surface area contributed by atoms with Crippen LogP contribution >= 0.6 is 0 Å². The normalized spacial score (nSPS) is 15.0. The summed E-state index contributed by atoms with van der Waals surface area (Å²) >= 11 is 0. The summed E-state index contributed by atoms with van der Waals surface area (Å²) < 4.78 is -0.384. The van der Waals surface area contributed by atoms with Gasteiger partial charge in [0.25, 0.3) is 0 Å². The van der Waals surface area contributed by atoms with Gasteiger partial charge in [-0.15, -0.1) is 0 Å². The Hall–Kier alpha value is -1.89. The second kappa shape index (κ2) is 29.3. The molecule has 0 aliphatic heterocycles. The Labute approximate surface area is 283 Å². The molecular weight excluding hydrogens is 578 g/mol. The highest BCUT2D eigenvalue weighted by Crippen LogP contribution is 2.34. The van der Waals surface area contributed by atoms with E-state index in [1.807, 2.05) is 20.8 Å². The fourth-order valence-electron chi connectivity index (χ4n) is 7.34. The summed E-state index contributed by atoms with van der Waals surface area (Å²) in [4.78, 5) is 37.8. The third-order valence-electron chi connectivity index (χ3n) is 9.84. The Morgan fingerprint density at radius 2 is 0.717 bits per heavy atom. The van der Waals surface area contributed by atoms with E-state index in [1.54, 1.807) is 0 Å². The van der Waals surface area contributed by atoms with Crippen LogP contribution in [0.15, 0.2) is 12.2 Å². The quantitative estimate of drug-likeness (QED) is 0.0362. The Morgan fingerprint density at radius 1 is 0.435 bits per heavy atom. The van der Waals surface area contributed by atoms with Crippen molar-refractivity contribution in [3.63, 3.8) is 0 Å². The Morgan fingerprint density at radius 3 is 1.00 bits per heavy atom. The zero-order valence-electron chi connectivity index (χ0n) is 30.5. The van der Waals surface area contributed by atoms with Crippen LogP contribution < -0.4 is 0 Å². The molecule has 46 heavy (non-hydrogen) atoms. The van der Waals surface area contributed by atoms with Crippen LogP contribution in [0.1, 0.15) is 195 Å². The highest BCUT2D eigenvalue weighted by atomic mass is 16.4. The molecule has 3 N–H and O–H groups in total. The zero-order valence-corrected chi connectivity index (χ0v) is 30.5. The van der Waals surface area contributed by atoms with Crippen LogP contribution in [0.4, 0.5) is 0 Å². The molecular formula is C39H74NO6+. The standard InChI is InChI=1S/C39H73NO6/c1-5-9-10-11-12-13-14-15-16-17-18-19-20-21-22-23-24-25-26-27-28-29-33-40(34(30-6-2)37(41)42,35(31-7-3)38(43)44)36(32-8-4)39(45)46/h24-25,34-36H,5-23,26-33H2,1-4H3,(H2-,41,42,43,44,45,46)/p+1/b25-24+. The van der Waals surface area contributed by atoms with Gasteiger partial charge in [-0.1, -0.05) is 130 Å². The molecule has 270 valence electrons. The number of carboxylic acid groups (broad SMARTS) is 3. The third kappa shape index (κ3) is 18.4. The molecule has 0 spiro atoms. The predicted molar refractivity (Wildman–Crippen MR) is 191 cm³/mol. The summed E-state index contributed by atoms with van der Waals surface area (Å²) in [6.45, 7) is 8.16. The second-order valence-corrected chi connectivity index (χ2v) is 13.7. The maximum Gasteiger partial charge on any atom is 0.362 e. The molecule has 0 aliphatic carbocycles. The fraction of sp³-hybridized carbons (Fsp3) is 0.872. The Kier molecular flexibility index (Phi) is 28.1. The smallest absolute Gasteiger partial charge is 0.362 e. The van der Waals surface area contributed by atoms with Gasteiger partial charge in [0.05, 0.1) is 6.54 Å². The number of nitrogens with zero attached hydrogens (tertiary/aromatic N) is 1. The van der Waals surface area contributed by atoms with E-state index in [1.165, 1.54) is 96.3 Å². The highest BCUT2D eigenvalue weighted by Gasteiger charge is 2.56. The van der Waals surface area contributed by atoms with Crippen LogP contribution in [0.3, 0.4) is 0 Å². The van der Waals surface area contributed by atoms with Gasteiger partial charge in [-0.05, 0) is 57.8 Å². The van der Waals surface area contributed by atoms with Gasteiger partial charge in [0.1, 0.15) is 0 Å². The van der Waals surface area contributed by atoms with Crippen LogP contribution in [0, 0.1) is 0 Å². The first-order valence-corrected chi connectivity index (χ1v) is 19.4. The van der Waals surface area contributed by atoms with Crippen LogP contribution in [-0.2, 0) is 14.4 Å². The molecule has 0 saturated carbocycles. The molecule has 0 bridgehead atoms. The van der Waals surface area contributed by atoms with Gasteiger partial charge in [0.15, 0.2) is 18.1 Å². The van der Waals surface area contributed by atoms with Crippen molar-refractivity contribution in [2.75, 3.05) is 6.54 Å². The topological polar surface area (TPSA) is 112 Å². The van der Waals surface area contributed by atoms with Crippen LogP contribution in [0.2, 0.25) is 0 Å². The molecule has 0 aromatic heterocycles. The van der Waals surface area contributed by atoms with E-state index >= 15 is 0 Å². The van der Waals surface area contributed by atoms with Gasteiger partial charge in [0.2, 0.25) is 0 Å². The van der Waals surface area contributed by atoms with Crippen molar-refractivity contribution in [2.45, 2.75) is 213 Å². The molecule has 0 aromatic rings. The molecule has 0 heterocycles. The average molecular weight is 653 g/mol. The van der Waals surface area contributed by atoms with E-state index in [0.717, 1.165) is 25.7 Å². The van der Waals surface area contributed by atoms with Gasteiger partial charge in [-0.2, -0.15) is 0 Å². The van der Waals surface area contributed by atoms with E-state index in [2.05, 4.69) is 19.1 Å². The number of unbranched alkanes of at least 4 members (excludes halogenated alkanes) is 18. The number of hydrogen-bond donors (Lipinski definition) is 3. The number of quaternary nitrogens is 1. The predicted octanol–water partition coefficient (Wildman–Crippen LogP) is 10.9. The lowest BCUT2D eigenvalue weighted by atomic mass is 9.91. The number of carboxylic acids is 3. The monoisotopic (exact) mass is 653 g/mol. The largest absolute Gasteiger partial charge is 0.477 e. The lowest BCUT2D eigenvalue weighted by Crippen LogP contribution is -2.72. The van der Waals surface area contributed by atoms with Crippen molar-refractivity contribution >= 4 is 17.9 Å². The number of allylic oxidation sites excluding steroid dienone is 2. The summed E-state index contributed by atoms with van der Waals surface area (Å²) in [6, 6.07) is -3.17. The summed E-state index contributed by atoms with van der Waals surface area (Å²) in [5, 5.41) is 30.9. The average Bonchev–Trinajstić information content (AvgIpc) is 3.02. The molecule has 7 heteroatoms. The number of aliphatic carboxylic acids is 3. The Bertz CT molecular complexity index is 738. The van der Waals surface area contributed by atoms with Gasteiger partial charge < -0.3 is 15.3 Å². The van der Waals surface area contributed by atoms with Crippen molar-refractivity contribution in [3.05, 3.63) is 12.2 Å². The molecule has 0 saturated heterocycles. The SMILES string of the molecule is CCCCCCCCCCCCCCCCC/C=C/CCCCC[N+](C(CCC)C(=O)O)(C(CCC)C(=O)O)C(CCC)C(=O)O. The van der Waals surface area contributed by atoms with Gasteiger partial charge in [-0.25, -0.2) is 14.4 Å². The van der Waals surface area contributed by atoms with Gasteiger partial charge in [0, 0.05) is 19.3 Å². The molecule has 0 amide bonds. The molecule has 0 aromatic carbocycles. The molecule has 0 rings (SSSR count). The molecule has 0 fully saturated rings. The summed E-state index contributed by atoms with van der Waals surface area (Å²) in [6.07, 6.45) is 31.9. The van der Waals surface area contributed by atoms with Crippen molar-refractivity contribution in [1.82, 2.24) is 0 Å². The zero-order chi connectivity index (χ0) is 34.5. The minimum atomic E-state index is -1.09. The Balaban J connectivity index is 4.64. The summed E-state index contributed by atoms with van der Waals surface area (Å²) in [5.41, 5.74) is 0. The van der Waals surface area contributed by atoms with Crippen LogP contribution in [0.5, 0.6) is 0 Å². The van der Waals surface area contributed by atoms with Crippen LogP contribution in [-0.4, -0.2) is 62.4 Å². The molecule has 3 unspecified atom stereocenters. The van der Waals surface area contributed by atoms with E-state index in [4.69, 9.17) is 0 Å². The fourth-order valence-corrected chi connectivity index (χ4v) is 7.34. The second-order valence-electron chi connectivity index (χ2n) is 13.7. The van der Waals surface area contributed by atoms with E-state index < -0.39 is 36.0 Å². The first kappa shape index (κ1) is 44.1. The number of hydrogen-bond acceptors (Lipinski definition) is 3. The number of rotatable bonds is 34. The molecule has 7 nitrogen and oxygen atoms in total. The van der Waals surface area contributed by atoms with Crippen molar-refractivity contribution < 1.29 is 34.2 Å². The van der Waals surface area contributed by atoms with Crippen molar-refractivity contribution in [3.8, 4) is 0 Å². The molecule has 3 atom stereocenters. The highest BCUT2D eigenvalue weighted by molar-refractivity contribution is 5.78. The van der Waals surface area contributed by atoms with E-state index in [9.17, 15) is 29.7 Å². The first-order chi connectivity index (χ1) is 22.2. The van der Waals surface area contributed by atoms with Crippen molar-refractivity contribution in [2.24, 2.45) is 0 Å². The maximum atomic E-state index is 12.6. The van der Waals surface area contributed by atoms with E-state index in [-0.39, 0.29) is 30.3 Å². The first-order valence-electron chi connectivity index (χ1n) is 19.4. The summed E-state index contributed by atoms with van der Waals surface area (Å²) in [7, 11) is 0. The van der Waals surface area contributed by atoms with Crippen molar-refractivity contribution in [1.29, 1.82) is 0 Å². The lowest BCUT2D eigenvalue weighted by Gasteiger charge is -2.50. The summed E-state index contributed by atoms with van der Waals surface area (Å²) in [5.74, 6) is -3.27. The third-order valence-corrected chi connectivity index (χ3v) is 9.84.